The molecule has 6 heteroatoms. The average molecular weight is 263 g/mol. The predicted molar refractivity (Wildman–Crippen MR) is 70.6 cm³/mol. The number of pyridine rings is 1. The molecule has 1 aromatic heterocycles. The number of hydrogen-bond acceptors (Lipinski definition) is 4. The Kier molecular flexibility index (Phi) is 3.20. The second-order valence-electron chi connectivity index (χ2n) is 3.84. The highest BCUT2D eigenvalue weighted by atomic mass is 32.2. The van der Waals surface area contributed by atoms with Gasteiger partial charge >= 0.3 is 0 Å². The van der Waals surface area contributed by atoms with Crippen molar-refractivity contribution in [2.24, 2.45) is 0 Å². The first kappa shape index (κ1) is 12.4. The first-order valence-electron chi connectivity index (χ1n) is 5.29. The molecule has 3 N–H and O–H groups in total. The van der Waals surface area contributed by atoms with Gasteiger partial charge in [-0.1, -0.05) is 18.2 Å². The molecule has 0 aliphatic rings. The Labute approximate surface area is 106 Å². The van der Waals surface area contributed by atoms with E-state index in [1.54, 1.807) is 31.2 Å². The number of benzene rings is 1. The summed E-state index contributed by atoms with van der Waals surface area (Å²) < 4.78 is 26.4. The van der Waals surface area contributed by atoms with Gasteiger partial charge in [-0.25, -0.2) is 13.4 Å². The van der Waals surface area contributed by atoms with Crippen LogP contribution in [-0.4, -0.2) is 13.4 Å². The molecule has 0 bridgehead atoms. The SMILES string of the molecule is Cc1cc(NS(=O)(=O)c2ccccc2)ncc1N. The molecule has 0 aliphatic carbocycles. The predicted octanol–water partition coefficient (Wildman–Crippen LogP) is 1.77. The van der Waals surface area contributed by atoms with E-state index < -0.39 is 10.0 Å². The van der Waals surface area contributed by atoms with Crippen LogP contribution in [0.25, 0.3) is 0 Å². The highest BCUT2D eigenvalue weighted by molar-refractivity contribution is 7.92. The molecular weight excluding hydrogens is 250 g/mol. The minimum absolute atomic E-state index is 0.196. The van der Waals surface area contributed by atoms with E-state index in [0.29, 0.717) is 5.69 Å². The number of nitrogens with one attached hydrogen (secondary N) is 1. The number of sulfonamides is 1. The summed E-state index contributed by atoms with van der Waals surface area (Å²) in [6, 6.07) is 9.71. The van der Waals surface area contributed by atoms with Gasteiger partial charge in [0, 0.05) is 0 Å². The molecule has 0 spiro atoms. The third kappa shape index (κ3) is 2.60. The Hall–Kier alpha value is -2.08. The van der Waals surface area contributed by atoms with Crippen LogP contribution in [0.4, 0.5) is 11.5 Å². The molecule has 2 aromatic rings. The Morgan fingerprint density at radius 3 is 2.50 bits per heavy atom. The molecule has 0 aliphatic heterocycles. The maximum Gasteiger partial charge on any atom is 0.263 e. The fraction of sp³-hybridized carbons (Fsp3) is 0.0833. The molecule has 18 heavy (non-hydrogen) atoms. The van der Waals surface area contributed by atoms with Gasteiger partial charge in [0.25, 0.3) is 10.0 Å². The van der Waals surface area contributed by atoms with Crippen LogP contribution >= 0.6 is 0 Å². The maximum absolute atomic E-state index is 12.0. The van der Waals surface area contributed by atoms with Crippen molar-refractivity contribution in [2.75, 3.05) is 10.5 Å². The van der Waals surface area contributed by atoms with E-state index in [1.165, 1.54) is 18.3 Å². The van der Waals surface area contributed by atoms with Crippen LogP contribution in [-0.2, 0) is 10.0 Å². The van der Waals surface area contributed by atoms with E-state index in [9.17, 15) is 8.42 Å². The molecule has 0 atom stereocenters. The van der Waals surface area contributed by atoms with Crippen LogP contribution in [0.3, 0.4) is 0 Å². The lowest BCUT2D eigenvalue weighted by Gasteiger charge is -2.08. The molecule has 0 radical (unpaired) electrons. The van der Waals surface area contributed by atoms with Gasteiger partial charge in [0.15, 0.2) is 0 Å². The van der Waals surface area contributed by atoms with E-state index in [1.807, 2.05) is 0 Å². The second kappa shape index (κ2) is 4.66. The zero-order chi connectivity index (χ0) is 13.2. The summed E-state index contributed by atoms with van der Waals surface area (Å²) in [7, 11) is -3.60. The zero-order valence-corrected chi connectivity index (χ0v) is 10.6. The number of hydrogen-bond donors (Lipinski definition) is 2. The van der Waals surface area contributed by atoms with Crippen molar-refractivity contribution in [1.29, 1.82) is 0 Å². The lowest BCUT2D eigenvalue weighted by atomic mass is 10.2. The first-order chi connectivity index (χ1) is 8.49. The fourth-order valence-electron chi connectivity index (χ4n) is 1.42. The van der Waals surface area contributed by atoms with E-state index in [0.717, 1.165) is 5.56 Å². The molecule has 1 heterocycles. The number of aromatic nitrogens is 1. The van der Waals surface area contributed by atoms with Gasteiger partial charge in [-0.2, -0.15) is 0 Å². The van der Waals surface area contributed by atoms with Crippen LogP contribution in [0.15, 0.2) is 47.5 Å². The highest BCUT2D eigenvalue weighted by Gasteiger charge is 2.14. The van der Waals surface area contributed by atoms with Crippen LogP contribution in [0, 0.1) is 6.92 Å². The summed E-state index contributed by atoms with van der Waals surface area (Å²) in [4.78, 5) is 4.13. The largest absolute Gasteiger partial charge is 0.397 e. The Balaban J connectivity index is 2.31. The van der Waals surface area contributed by atoms with Crippen molar-refractivity contribution in [3.8, 4) is 0 Å². The van der Waals surface area contributed by atoms with Crippen LogP contribution < -0.4 is 10.5 Å². The summed E-state index contributed by atoms with van der Waals surface area (Å²) in [6.45, 7) is 1.79. The summed E-state index contributed by atoms with van der Waals surface area (Å²) in [5.41, 5.74) is 6.92. The van der Waals surface area contributed by atoms with E-state index in [4.69, 9.17) is 5.73 Å². The number of nitrogens with zero attached hydrogens (tertiary/aromatic N) is 1. The van der Waals surface area contributed by atoms with Crippen LogP contribution in [0.2, 0.25) is 0 Å². The number of aryl methyl sites for hydroxylation is 1. The van der Waals surface area contributed by atoms with Gasteiger partial charge in [-0.05, 0) is 30.7 Å². The van der Waals surface area contributed by atoms with Crippen molar-refractivity contribution >= 4 is 21.5 Å². The molecular formula is C12H13N3O2S. The first-order valence-corrected chi connectivity index (χ1v) is 6.77. The van der Waals surface area contributed by atoms with Gasteiger partial charge in [0.05, 0.1) is 16.8 Å². The molecule has 94 valence electrons. The number of nitrogens with two attached hydrogens (primary N) is 1. The van der Waals surface area contributed by atoms with Crippen molar-refractivity contribution in [1.82, 2.24) is 4.98 Å². The van der Waals surface area contributed by atoms with Gasteiger partial charge < -0.3 is 5.73 Å². The van der Waals surface area contributed by atoms with Gasteiger partial charge in [-0.3, -0.25) is 4.72 Å². The maximum atomic E-state index is 12.0. The van der Waals surface area contributed by atoms with Crippen molar-refractivity contribution < 1.29 is 8.42 Å². The molecule has 0 saturated carbocycles. The van der Waals surface area contributed by atoms with Gasteiger partial charge in [0.2, 0.25) is 0 Å². The molecule has 0 unspecified atom stereocenters. The summed E-state index contributed by atoms with van der Waals surface area (Å²) >= 11 is 0. The van der Waals surface area contributed by atoms with Crippen molar-refractivity contribution in [3.63, 3.8) is 0 Å². The minimum atomic E-state index is -3.60. The standard InChI is InChI=1S/C12H13N3O2S/c1-9-7-12(14-8-11(9)13)15-18(16,17)10-5-3-2-4-6-10/h2-8H,13H2,1H3,(H,14,15). The number of rotatable bonds is 3. The van der Waals surface area contributed by atoms with E-state index >= 15 is 0 Å². The molecule has 0 fully saturated rings. The lowest BCUT2D eigenvalue weighted by Crippen LogP contribution is -2.14. The normalized spacial score (nSPS) is 11.2. The number of nitrogen functional groups attached to an aromatic ring is 1. The summed E-state index contributed by atoms with van der Waals surface area (Å²) in [5, 5.41) is 0. The van der Waals surface area contributed by atoms with E-state index in [-0.39, 0.29) is 10.7 Å². The fourth-order valence-corrected chi connectivity index (χ4v) is 2.44. The Morgan fingerprint density at radius 2 is 1.89 bits per heavy atom. The monoisotopic (exact) mass is 263 g/mol. The average Bonchev–Trinajstić information content (AvgIpc) is 2.35. The smallest absolute Gasteiger partial charge is 0.263 e. The van der Waals surface area contributed by atoms with Crippen molar-refractivity contribution in [3.05, 3.63) is 48.2 Å². The second-order valence-corrected chi connectivity index (χ2v) is 5.53. The van der Waals surface area contributed by atoms with Crippen LogP contribution in [0.5, 0.6) is 0 Å². The minimum Gasteiger partial charge on any atom is -0.397 e. The highest BCUT2D eigenvalue weighted by Crippen LogP contribution is 2.17. The zero-order valence-electron chi connectivity index (χ0n) is 9.79. The van der Waals surface area contributed by atoms with Crippen LogP contribution in [0.1, 0.15) is 5.56 Å². The number of anilines is 2. The summed E-state index contributed by atoms with van der Waals surface area (Å²) in [6.07, 6.45) is 1.43. The molecule has 5 nitrogen and oxygen atoms in total. The third-order valence-electron chi connectivity index (χ3n) is 2.44. The van der Waals surface area contributed by atoms with Gasteiger partial charge in [-0.15, -0.1) is 0 Å². The van der Waals surface area contributed by atoms with E-state index in [2.05, 4.69) is 9.71 Å². The summed E-state index contributed by atoms with van der Waals surface area (Å²) in [5.74, 6) is 0.255. The third-order valence-corrected chi connectivity index (χ3v) is 3.81. The molecule has 1 aromatic carbocycles. The lowest BCUT2D eigenvalue weighted by molar-refractivity contribution is 0.601. The quantitative estimate of drug-likeness (QED) is 0.883. The molecule has 2 rings (SSSR count). The molecule has 0 amide bonds. The topological polar surface area (TPSA) is 85.1 Å². The van der Waals surface area contributed by atoms with Gasteiger partial charge in [0.1, 0.15) is 5.82 Å². The molecule has 0 saturated heterocycles. The Morgan fingerprint density at radius 1 is 1.22 bits per heavy atom. The Bertz CT molecular complexity index is 654. The van der Waals surface area contributed by atoms with Crippen molar-refractivity contribution in [2.45, 2.75) is 11.8 Å².